The second-order valence-corrected chi connectivity index (χ2v) is 4.91. The number of fused-ring (bicyclic) bond motifs is 1. The molecule has 0 atom stereocenters. The van der Waals surface area contributed by atoms with Crippen molar-refractivity contribution in [1.29, 1.82) is 0 Å². The van der Waals surface area contributed by atoms with Gasteiger partial charge in [-0.1, -0.05) is 0 Å². The van der Waals surface area contributed by atoms with Crippen LogP contribution in [0.3, 0.4) is 0 Å². The van der Waals surface area contributed by atoms with Gasteiger partial charge >= 0.3 is 0 Å². The predicted octanol–water partition coefficient (Wildman–Crippen LogP) is 0.820. The van der Waals surface area contributed by atoms with Gasteiger partial charge in [-0.3, -0.25) is 14.4 Å². The first-order valence-corrected chi connectivity index (χ1v) is 6.79. The summed E-state index contributed by atoms with van der Waals surface area (Å²) in [4.78, 5) is 43.5. The first kappa shape index (κ1) is 15.5. The van der Waals surface area contributed by atoms with Gasteiger partial charge in [0.2, 0.25) is 5.56 Å². The topological polar surface area (TPSA) is 108 Å². The molecule has 0 aliphatic rings. The Morgan fingerprint density at radius 2 is 2.00 bits per heavy atom. The highest BCUT2D eigenvalue weighted by Gasteiger charge is 2.16. The van der Waals surface area contributed by atoms with Gasteiger partial charge in [0.1, 0.15) is 5.39 Å². The summed E-state index contributed by atoms with van der Waals surface area (Å²) in [6.07, 6.45) is 1.43. The van der Waals surface area contributed by atoms with E-state index in [2.05, 4.69) is 20.3 Å². The van der Waals surface area contributed by atoms with E-state index in [0.29, 0.717) is 5.56 Å². The minimum absolute atomic E-state index is 0.0300. The lowest BCUT2D eigenvalue weighted by atomic mass is 10.2. The van der Waals surface area contributed by atoms with E-state index in [9.17, 15) is 23.2 Å². The zero-order valence-electron chi connectivity index (χ0n) is 12.0. The average Bonchev–Trinajstić information content (AvgIpc) is 2.55. The van der Waals surface area contributed by atoms with E-state index in [1.165, 1.54) is 12.3 Å². The van der Waals surface area contributed by atoms with E-state index in [4.69, 9.17) is 0 Å². The summed E-state index contributed by atoms with van der Waals surface area (Å²) in [5.74, 6) is -3.57. The molecule has 1 aromatic carbocycles. The minimum atomic E-state index is -1.32. The molecular formula is C15H10F2N4O3. The molecule has 0 radical (unpaired) electrons. The molecular weight excluding hydrogens is 322 g/mol. The molecule has 122 valence electrons. The van der Waals surface area contributed by atoms with Crippen LogP contribution in [0.4, 0.5) is 8.78 Å². The Labute approximate surface area is 132 Å². The fourth-order valence-electron chi connectivity index (χ4n) is 2.14. The molecule has 0 aliphatic carbocycles. The normalized spacial score (nSPS) is 10.8. The number of aromatic nitrogens is 3. The predicted molar refractivity (Wildman–Crippen MR) is 80.5 cm³/mol. The summed E-state index contributed by atoms with van der Waals surface area (Å²) in [7, 11) is 0. The Hall–Kier alpha value is -3.36. The van der Waals surface area contributed by atoms with Crippen LogP contribution >= 0.6 is 0 Å². The van der Waals surface area contributed by atoms with Crippen molar-refractivity contribution in [3.63, 3.8) is 0 Å². The molecule has 0 saturated heterocycles. The van der Waals surface area contributed by atoms with Crippen molar-refractivity contribution in [2.45, 2.75) is 6.54 Å². The summed E-state index contributed by atoms with van der Waals surface area (Å²) in [6.45, 7) is 0.0300. The zero-order chi connectivity index (χ0) is 17.3. The highest BCUT2D eigenvalue weighted by molar-refractivity contribution is 5.92. The number of nitrogens with one attached hydrogen (secondary N) is 3. The molecule has 3 N–H and O–H groups in total. The third-order valence-electron chi connectivity index (χ3n) is 3.27. The highest BCUT2D eigenvalue weighted by atomic mass is 19.2. The largest absolute Gasteiger partial charge is 0.345 e. The van der Waals surface area contributed by atoms with Gasteiger partial charge in [0.15, 0.2) is 17.5 Å². The molecule has 0 aliphatic heterocycles. The molecule has 0 spiro atoms. The van der Waals surface area contributed by atoms with Crippen molar-refractivity contribution in [3.8, 4) is 0 Å². The quantitative estimate of drug-likeness (QED) is 0.660. The first-order valence-electron chi connectivity index (χ1n) is 6.79. The van der Waals surface area contributed by atoms with Gasteiger partial charge in [0.25, 0.3) is 11.5 Å². The van der Waals surface area contributed by atoms with E-state index in [1.807, 2.05) is 0 Å². The van der Waals surface area contributed by atoms with Crippen LogP contribution in [0, 0.1) is 11.6 Å². The lowest BCUT2D eigenvalue weighted by molar-refractivity contribution is 0.0940. The second-order valence-electron chi connectivity index (χ2n) is 4.91. The number of amides is 1. The summed E-state index contributed by atoms with van der Waals surface area (Å²) < 4.78 is 26.8. The molecule has 7 nitrogen and oxygen atoms in total. The first-order chi connectivity index (χ1) is 11.5. The third-order valence-corrected chi connectivity index (χ3v) is 3.27. The summed E-state index contributed by atoms with van der Waals surface area (Å²) in [5.41, 5.74) is -0.878. The number of benzene rings is 1. The van der Waals surface area contributed by atoms with Crippen molar-refractivity contribution in [3.05, 3.63) is 74.2 Å². The molecule has 0 bridgehead atoms. The Kier molecular flexibility index (Phi) is 3.90. The Bertz CT molecular complexity index is 1060. The minimum Gasteiger partial charge on any atom is -0.345 e. The van der Waals surface area contributed by atoms with Gasteiger partial charge in [-0.2, -0.15) is 0 Å². The van der Waals surface area contributed by atoms with Gasteiger partial charge < -0.3 is 15.3 Å². The lowest BCUT2D eigenvalue weighted by Crippen LogP contribution is -2.28. The molecule has 3 aromatic rings. The van der Waals surface area contributed by atoms with Crippen LogP contribution in [-0.4, -0.2) is 20.9 Å². The second kappa shape index (κ2) is 6.03. The lowest BCUT2D eigenvalue weighted by Gasteiger charge is -2.06. The maximum atomic E-state index is 13.6. The van der Waals surface area contributed by atoms with Crippen molar-refractivity contribution >= 4 is 16.8 Å². The number of H-pyrrole nitrogens is 2. The van der Waals surface area contributed by atoms with E-state index in [-0.39, 0.29) is 23.4 Å². The number of pyridine rings is 1. The number of rotatable bonds is 3. The molecule has 0 saturated carbocycles. The molecule has 3 rings (SSSR count). The number of halogens is 2. The Morgan fingerprint density at radius 3 is 2.75 bits per heavy atom. The Morgan fingerprint density at radius 1 is 1.21 bits per heavy atom. The van der Waals surface area contributed by atoms with E-state index in [0.717, 1.165) is 12.1 Å². The zero-order valence-corrected chi connectivity index (χ0v) is 12.0. The van der Waals surface area contributed by atoms with Crippen molar-refractivity contribution in [2.75, 3.05) is 0 Å². The van der Waals surface area contributed by atoms with Crippen LogP contribution in [-0.2, 0) is 6.54 Å². The highest BCUT2D eigenvalue weighted by Crippen LogP contribution is 2.14. The number of hydrogen-bond donors (Lipinski definition) is 3. The fraction of sp³-hybridized carbons (Fsp3) is 0.0667. The van der Waals surface area contributed by atoms with E-state index < -0.39 is 28.5 Å². The molecule has 2 aromatic heterocycles. The van der Waals surface area contributed by atoms with Crippen molar-refractivity contribution < 1.29 is 13.6 Å². The van der Waals surface area contributed by atoms with Crippen LogP contribution in [0.5, 0.6) is 0 Å². The van der Waals surface area contributed by atoms with Crippen LogP contribution in [0.1, 0.15) is 16.2 Å². The number of nitrogens with zero attached hydrogens (tertiary/aromatic N) is 1. The number of hydrogen-bond acceptors (Lipinski definition) is 4. The summed E-state index contributed by atoms with van der Waals surface area (Å²) in [5, 5.41) is 1.91. The van der Waals surface area contributed by atoms with E-state index >= 15 is 0 Å². The van der Waals surface area contributed by atoms with Crippen molar-refractivity contribution in [2.24, 2.45) is 0 Å². The smallest absolute Gasteiger partial charge is 0.287 e. The van der Waals surface area contributed by atoms with Gasteiger partial charge in [-0.25, -0.2) is 13.8 Å². The average molecular weight is 332 g/mol. The van der Waals surface area contributed by atoms with Crippen LogP contribution in [0.25, 0.3) is 10.9 Å². The summed E-state index contributed by atoms with van der Waals surface area (Å²) >= 11 is 0. The molecule has 1 amide bonds. The summed E-state index contributed by atoms with van der Waals surface area (Å²) in [6, 6.07) is 4.82. The maximum absolute atomic E-state index is 13.6. The molecule has 2 heterocycles. The third kappa shape index (κ3) is 2.91. The van der Waals surface area contributed by atoms with Crippen LogP contribution in [0.2, 0.25) is 0 Å². The molecule has 0 unspecified atom stereocenters. The standard InChI is InChI=1S/C15H10F2N4O3/c16-8-1-2-9-11(12(8)17)14(23)21-13(20-9)15(24)19-6-7-3-4-18-10(22)5-7/h1-5H,6H2,(H,18,22)(H,19,24)(H,20,21,23). The van der Waals surface area contributed by atoms with E-state index in [1.54, 1.807) is 6.07 Å². The maximum Gasteiger partial charge on any atom is 0.287 e. The van der Waals surface area contributed by atoms with Crippen LogP contribution in [0.15, 0.2) is 40.1 Å². The van der Waals surface area contributed by atoms with Gasteiger partial charge in [0.05, 0.1) is 5.52 Å². The van der Waals surface area contributed by atoms with Gasteiger partial charge in [0, 0.05) is 18.8 Å². The molecule has 9 heteroatoms. The van der Waals surface area contributed by atoms with Crippen molar-refractivity contribution in [1.82, 2.24) is 20.3 Å². The SMILES string of the molecule is O=C(NCc1cc[nH]c(=O)c1)c1nc2ccc(F)c(F)c2c(=O)[nH]1. The van der Waals surface area contributed by atoms with Gasteiger partial charge in [-0.05, 0) is 23.8 Å². The Balaban J connectivity index is 1.89. The van der Waals surface area contributed by atoms with Crippen LogP contribution < -0.4 is 16.4 Å². The molecule has 24 heavy (non-hydrogen) atoms. The molecule has 0 fully saturated rings. The monoisotopic (exact) mass is 332 g/mol. The fourth-order valence-corrected chi connectivity index (χ4v) is 2.14. The number of aromatic amines is 2. The number of carbonyl (C=O) groups is 1. The number of carbonyl (C=O) groups excluding carboxylic acids is 1. The van der Waals surface area contributed by atoms with Gasteiger partial charge in [-0.15, -0.1) is 0 Å².